The Morgan fingerprint density at radius 3 is 1.98 bits per heavy atom. The normalized spacial score (nSPS) is 21.8. The van der Waals surface area contributed by atoms with Crippen LogP contribution in [0.25, 0.3) is 11.2 Å². The van der Waals surface area contributed by atoms with E-state index in [0.717, 1.165) is 0 Å². The number of carbonyl (C=O) groups excluding carboxylic acids is 1. The summed E-state index contributed by atoms with van der Waals surface area (Å²) in [5, 5.41) is 28.2. The summed E-state index contributed by atoms with van der Waals surface area (Å²) in [5.41, 5.74) is 15.8. The zero-order valence-electron chi connectivity index (χ0n) is 20.1. The Hall–Kier alpha value is -2.50. The topological polar surface area (TPSA) is 417 Å². The minimum absolute atomic E-state index is 0.142. The molecule has 1 fully saturated rings. The van der Waals surface area contributed by atoms with E-state index in [4.69, 9.17) is 50.7 Å². The van der Waals surface area contributed by atoms with Gasteiger partial charge >= 0.3 is 29.4 Å². The highest BCUT2D eigenvalue weighted by atomic mass is 31.3. The summed E-state index contributed by atoms with van der Waals surface area (Å²) in [6.07, 6.45) is -2.80. The molecule has 41 heavy (non-hydrogen) atoms. The maximum absolute atomic E-state index is 10.7. The van der Waals surface area contributed by atoms with Crippen molar-refractivity contribution in [2.75, 3.05) is 12.3 Å². The number of carboxylic acids is 1. The second-order valence-electron chi connectivity index (χ2n) is 7.59. The van der Waals surface area contributed by atoms with Crippen LogP contribution in [-0.4, -0.2) is 107 Å². The third-order valence-electron chi connectivity index (χ3n) is 4.36. The number of aliphatic hydroxyl groups excluding tert-OH is 2. The summed E-state index contributed by atoms with van der Waals surface area (Å²) >= 11 is 0. The van der Waals surface area contributed by atoms with Crippen LogP contribution in [0, 0.1) is 0 Å². The van der Waals surface area contributed by atoms with Crippen LogP contribution < -0.4 is 17.2 Å². The number of fused-ring (bicyclic) bond motifs is 1. The second kappa shape index (κ2) is 14.6. The number of aliphatic carboxylic acids is 1. The lowest BCUT2D eigenvalue weighted by Crippen LogP contribution is -2.34. The van der Waals surface area contributed by atoms with Gasteiger partial charge in [-0.1, -0.05) is 0 Å². The highest BCUT2D eigenvalue weighted by Gasteiger charge is 2.45. The van der Waals surface area contributed by atoms with Crippen LogP contribution in [-0.2, 0) is 36.9 Å². The van der Waals surface area contributed by atoms with E-state index < -0.39 is 72.5 Å². The van der Waals surface area contributed by atoms with E-state index in [0.29, 0.717) is 5.52 Å². The standard InChI is InChI=1S/C10H14N5O7P.C4H8N2O3.H4O7P2/c11-8-5-9(13-2-12-8)15(3-14-5)10-7(17)6(16)4(22-10)1-21-23(18,19)20;5-2(4(8)9)1-3(6)7;1-8(2,3)7-9(4,5)6/h2-4,6-7,10,16-17H,1H2,(H2,11,12,13)(H2,18,19,20);2H,1,5H2,(H2,6,7)(H,8,9);(H2,1,2,3)(H2,4,5,6)/t4-,6-,7-,10-;2-;/m10./s1. The fraction of sp³-hybridized carbons (Fsp3) is 0.500. The quantitative estimate of drug-likeness (QED) is 0.113. The van der Waals surface area contributed by atoms with Crippen molar-refractivity contribution in [3.05, 3.63) is 12.7 Å². The number of imidazole rings is 1. The van der Waals surface area contributed by atoms with E-state index in [9.17, 15) is 33.5 Å². The number of rotatable bonds is 9. The molecule has 15 N–H and O–H groups in total. The number of carboxylic acid groups (broad SMARTS) is 1. The van der Waals surface area contributed by atoms with Gasteiger partial charge in [-0.05, 0) is 0 Å². The van der Waals surface area contributed by atoms with E-state index in [-0.39, 0.29) is 17.9 Å². The number of ether oxygens (including phenoxy) is 1. The zero-order chi connectivity index (χ0) is 31.9. The van der Waals surface area contributed by atoms with E-state index in [2.05, 4.69) is 29.5 Å². The predicted molar refractivity (Wildman–Crippen MR) is 128 cm³/mol. The second-order valence-corrected chi connectivity index (χ2v) is 11.4. The number of amides is 1. The fourth-order valence-electron chi connectivity index (χ4n) is 2.77. The van der Waals surface area contributed by atoms with Gasteiger partial charge in [-0.15, -0.1) is 0 Å². The van der Waals surface area contributed by atoms with Crippen LogP contribution in [0.4, 0.5) is 5.82 Å². The number of carbonyl (C=O) groups is 2. The first-order valence-electron chi connectivity index (χ1n) is 10.3. The number of aromatic nitrogens is 4. The molecular weight excluding hydrogens is 631 g/mol. The van der Waals surface area contributed by atoms with Gasteiger partial charge in [0.1, 0.15) is 36.2 Å². The summed E-state index contributed by atoms with van der Waals surface area (Å²) in [6.45, 7) is -0.594. The van der Waals surface area contributed by atoms with Gasteiger partial charge < -0.3 is 66.6 Å². The number of nitrogens with zero attached hydrogens (tertiary/aromatic N) is 4. The molecule has 234 valence electrons. The lowest BCUT2D eigenvalue weighted by Gasteiger charge is -2.16. The molecule has 2 aromatic rings. The maximum Gasteiger partial charge on any atom is 0.478 e. The molecule has 1 saturated heterocycles. The molecule has 27 heteroatoms. The Morgan fingerprint density at radius 1 is 1.00 bits per heavy atom. The number of hydrogen-bond acceptors (Lipinski definition) is 15. The van der Waals surface area contributed by atoms with Gasteiger partial charge in [0.05, 0.1) is 19.4 Å². The van der Waals surface area contributed by atoms with Crippen molar-refractivity contribution < 1.29 is 81.5 Å². The zero-order valence-corrected chi connectivity index (χ0v) is 22.8. The van der Waals surface area contributed by atoms with Crippen LogP contribution in [0.2, 0.25) is 0 Å². The van der Waals surface area contributed by atoms with Crippen molar-refractivity contribution in [3.63, 3.8) is 0 Å². The number of primary amides is 1. The van der Waals surface area contributed by atoms with Gasteiger partial charge in [0.15, 0.2) is 17.7 Å². The Morgan fingerprint density at radius 2 is 1.56 bits per heavy atom. The van der Waals surface area contributed by atoms with Crippen LogP contribution in [0.5, 0.6) is 0 Å². The number of hydrogen-bond donors (Lipinski definition) is 12. The molecule has 0 radical (unpaired) electrons. The van der Waals surface area contributed by atoms with Gasteiger partial charge in [-0.25, -0.2) is 28.6 Å². The van der Waals surface area contributed by atoms with Gasteiger partial charge in [0.2, 0.25) is 5.91 Å². The summed E-state index contributed by atoms with van der Waals surface area (Å²) < 4.78 is 44.0. The molecular formula is C14H26N7O17P3. The molecule has 1 amide bonds. The Bertz CT molecular complexity index is 1320. The number of phosphoric ester groups is 1. The van der Waals surface area contributed by atoms with Crippen molar-refractivity contribution in [2.24, 2.45) is 11.5 Å². The van der Waals surface area contributed by atoms with E-state index >= 15 is 0 Å². The molecule has 0 aliphatic carbocycles. The summed E-state index contributed by atoms with van der Waals surface area (Å²) in [6, 6.07) is -1.16. The Kier molecular flexibility index (Phi) is 13.0. The van der Waals surface area contributed by atoms with Crippen LogP contribution in [0.1, 0.15) is 12.6 Å². The van der Waals surface area contributed by atoms with Gasteiger partial charge in [-0.2, -0.15) is 4.31 Å². The number of anilines is 1. The molecule has 3 rings (SSSR count). The minimum atomic E-state index is -5.05. The fourth-order valence-corrected chi connectivity index (χ4v) is 4.22. The van der Waals surface area contributed by atoms with E-state index in [1.54, 1.807) is 0 Å². The lowest BCUT2D eigenvalue weighted by atomic mass is 10.1. The molecule has 0 unspecified atom stereocenters. The molecule has 24 nitrogen and oxygen atoms in total. The van der Waals surface area contributed by atoms with E-state index in [1.165, 1.54) is 17.2 Å². The molecule has 2 aromatic heterocycles. The summed E-state index contributed by atoms with van der Waals surface area (Å²) in [4.78, 5) is 80.1. The smallest absolute Gasteiger partial charge is 0.478 e. The lowest BCUT2D eigenvalue weighted by molar-refractivity contribution is -0.140. The Balaban J connectivity index is 0.000000387. The predicted octanol–water partition coefficient (Wildman–Crippen LogP) is -4.40. The Labute approximate surface area is 227 Å². The first kappa shape index (κ1) is 36.5. The van der Waals surface area contributed by atoms with E-state index in [1.807, 2.05) is 0 Å². The van der Waals surface area contributed by atoms with Crippen molar-refractivity contribution in [1.82, 2.24) is 19.5 Å². The molecule has 5 atom stereocenters. The monoisotopic (exact) mass is 657 g/mol. The van der Waals surface area contributed by atoms with Gasteiger partial charge in [-0.3, -0.25) is 18.7 Å². The highest BCUT2D eigenvalue weighted by Crippen LogP contribution is 2.53. The number of phosphoric acid groups is 3. The first-order valence-corrected chi connectivity index (χ1v) is 14.8. The SMILES string of the molecule is NC(=O)C[C@H](N)C(=O)O.Nc1ncnc2c1ncn2[C@@H]1O[C@H](COP(=O)(O)O)[C@@H](O)[C@H]1O.O=P(O)(O)OP(=O)(O)O. The first-order chi connectivity index (χ1) is 18.5. The minimum Gasteiger partial charge on any atom is -0.480 e. The van der Waals surface area contributed by atoms with Crippen LogP contribution >= 0.6 is 23.5 Å². The molecule has 0 spiro atoms. The highest BCUT2D eigenvalue weighted by molar-refractivity contribution is 7.60. The van der Waals surface area contributed by atoms with Crippen molar-refractivity contribution >= 4 is 52.3 Å². The maximum atomic E-state index is 10.7. The van der Waals surface area contributed by atoms with Gasteiger partial charge in [0.25, 0.3) is 0 Å². The third kappa shape index (κ3) is 12.9. The van der Waals surface area contributed by atoms with Crippen LogP contribution in [0.15, 0.2) is 12.7 Å². The molecule has 1 aliphatic rings. The third-order valence-corrected chi connectivity index (χ3v) is 6.54. The van der Waals surface area contributed by atoms with Crippen molar-refractivity contribution in [1.29, 1.82) is 0 Å². The molecule has 0 saturated carbocycles. The molecule has 3 heterocycles. The van der Waals surface area contributed by atoms with Crippen molar-refractivity contribution in [2.45, 2.75) is 37.0 Å². The van der Waals surface area contributed by atoms with Gasteiger partial charge in [0, 0.05) is 0 Å². The summed E-state index contributed by atoms with van der Waals surface area (Å²) in [5.74, 6) is -1.78. The number of nitrogens with two attached hydrogens (primary N) is 3. The number of nitrogen functional groups attached to an aromatic ring is 1. The van der Waals surface area contributed by atoms with Crippen LogP contribution in [0.3, 0.4) is 0 Å². The summed E-state index contributed by atoms with van der Waals surface area (Å²) in [7, 11) is -14.8. The molecule has 1 aliphatic heterocycles. The molecule has 0 bridgehead atoms. The average Bonchev–Trinajstić information content (AvgIpc) is 3.32. The molecule has 0 aromatic carbocycles. The average molecular weight is 657 g/mol. The largest absolute Gasteiger partial charge is 0.480 e. The van der Waals surface area contributed by atoms with Crippen molar-refractivity contribution in [3.8, 4) is 0 Å². The number of aliphatic hydroxyl groups is 2.